The molecule has 0 aliphatic carbocycles. The van der Waals surface area contributed by atoms with Crippen molar-refractivity contribution in [1.29, 1.82) is 0 Å². The standard InChI is InChI=1S/C16H26N2O3/c1-4-10-16(3,12-19)18-15(20)17-14-8-6-13(7-9-14)11-21-5-2/h6-9,19H,4-5,10-12H2,1-3H3,(H2,17,18,20). The van der Waals surface area contributed by atoms with Crippen molar-refractivity contribution in [1.82, 2.24) is 5.32 Å². The second kappa shape index (κ2) is 8.64. The van der Waals surface area contributed by atoms with Crippen LogP contribution in [-0.4, -0.2) is 29.9 Å². The number of hydrogen-bond donors (Lipinski definition) is 3. The highest BCUT2D eigenvalue weighted by molar-refractivity contribution is 5.89. The van der Waals surface area contributed by atoms with E-state index in [1.807, 2.05) is 45.0 Å². The molecule has 3 N–H and O–H groups in total. The minimum atomic E-state index is -0.590. The van der Waals surface area contributed by atoms with Crippen molar-refractivity contribution in [2.24, 2.45) is 0 Å². The lowest BCUT2D eigenvalue weighted by molar-refractivity contribution is 0.134. The molecule has 1 unspecified atom stereocenters. The number of amides is 2. The van der Waals surface area contributed by atoms with E-state index in [1.54, 1.807) is 0 Å². The van der Waals surface area contributed by atoms with Crippen LogP contribution in [0.25, 0.3) is 0 Å². The van der Waals surface area contributed by atoms with E-state index in [4.69, 9.17) is 4.74 Å². The van der Waals surface area contributed by atoms with Crippen molar-refractivity contribution in [2.45, 2.75) is 45.8 Å². The largest absolute Gasteiger partial charge is 0.394 e. The molecular weight excluding hydrogens is 268 g/mol. The van der Waals surface area contributed by atoms with Gasteiger partial charge in [-0.05, 0) is 38.0 Å². The van der Waals surface area contributed by atoms with Gasteiger partial charge in [0.15, 0.2) is 0 Å². The van der Waals surface area contributed by atoms with Gasteiger partial charge in [-0.3, -0.25) is 0 Å². The van der Waals surface area contributed by atoms with Crippen molar-refractivity contribution in [3.8, 4) is 0 Å². The molecule has 0 aromatic heterocycles. The van der Waals surface area contributed by atoms with Gasteiger partial charge in [0.1, 0.15) is 0 Å². The first kappa shape index (κ1) is 17.5. The summed E-state index contributed by atoms with van der Waals surface area (Å²) >= 11 is 0. The summed E-state index contributed by atoms with van der Waals surface area (Å²) in [5, 5.41) is 15.0. The molecule has 118 valence electrons. The monoisotopic (exact) mass is 294 g/mol. The summed E-state index contributed by atoms with van der Waals surface area (Å²) in [5.74, 6) is 0. The van der Waals surface area contributed by atoms with Crippen LogP contribution in [0.3, 0.4) is 0 Å². The van der Waals surface area contributed by atoms with E-state index in [9.17, 15) is 9.90 Å². The van der Waals surface area contributed by atoms with Crippen molar-refractivity contribution in [2.75, 3.05) is 18.5 Å². The van der Waals surface area contributed by atoms with Crippen LogP contribution < -0.4 is 10.6 Å². The highest BCUT2D eigenvalue weighted by Gasteiger charge is 2.24. The summed E-state index contributed by atoms with van der Waals surface area (Å²) in [6.07, 6.45) is 1.62. The Kier molecular flexibility index (Phi) is 7.19. The SMILES string of the molecule is CCCC(C)(CO)NC(=O)Nc1ccc(COCC)cc1. The molecule has 21 heavy (non-hydrogen) atoms. The van der Waals surface area contributed by atoms with Crippen LogP contribution in [0.4, 0.5) is 10.5 Å². The second-order valence-electron chi connectivity index (χ2n) is 5.38. The van der Waals surface area contributed by atoms with E-state index >= 15 is 0 Å². The summed E-state index contributed by atoms with van der Waals surface area (Å²) in [4.78, 5) is 12.0. The van der Waals surface area contributed by atoms with Crippen molar-refractivity contribution < 1.29 is 14.6 Å². The summed E-state index contributed by atoms with van der Waals surface area (Å²) < 4.78 is 5.32. The van der Waals surface area contributed by atoms with Crippen LogP contribution >= 0.6 is 0 Å². The Bertz CT molecular complexity index is 434. The predicted octanol–water partition coefficient (Wildman–Crippen LogP) is 2.90. The molecule has 0 saturated carbocycles. The van der Waals surface area contributed by atoms with Crippen LogP contribution in [0.2, 0.25) is 0 Å². The molecule has 0 radical (unpaired) electrons. The van der Waals surface area contributed by atoms with Gasteiger partial charge in [0.25, 0.3) is 0 Å². The quantitative estimate of drug-likeness (QED) is 0.690. The first-order chi connectivity index (χ1) is 10.0. The predicted molar refractivity (Wildman–Crippen MR) is 84.3 cm³/mol. The molecule has 5 nitrogen and oxygen atoms in total. The lowest BCUT2D eigenvalue weighted by Gasteiger charge is -2.28. The topological polar surface area (TPSA) is 70.6 Å². The minimum absolute atomic E-state index is 0.0818. The van der Waals surface area contributed by atoms with E-state index in [0.29, 0.717) is 18.9 Å². The molecule has 0 bridgehead atoms. The molecule has 0 heterocycles. The fraction of sp³-hybridized carbons (Fsp3) is 0.562. The number of rotatable bonds is 8. The second-order valence-corrected chi connectivity index (χ2v) is 5.38. The molecule has 0 fully saturated rings. The van der Waals surface area contributed by atoms with Crippen molar-refractivity contribution >= 4 is 11.7 Å². The maximum absolute atomic E-state index is 12.0. The maximum atomic E-state index is 12.0. The molecule has 1 aromatic rings. The van der Waals surface area contributed by atoms with Gasteiger partial charge < -0.3 is 20.5 Å². The Morgan fingerprint density at radius 2 is 1.95 bits per heavy atom. The number of carbonyl (C=O) groups is 1. The fourth-order valence-electron chi connectivity index (χ4n) is 2.07. The Balaban J connectivity index is 2.54. The highest BCUT2D eigenvalue weighted by atomic mass is 16.5. The Labute approximate surface area is 126 Å². The van der Waals surface area contributed by atoms with Crippen LogP contribution in [0, 0.1) is 0 Å². The first-order valence-corrected chi connectivity index (χ1v) is 7.39. The van der Waals surface area contributed by atoms with Gasteiger partial charge in [-0.25, -0.2) is 4.79 Å². The first-order valence-electron chi connectivity index (χ1n) is 7.39. The van der Waals surface area contributed by atoms with Crippen molar-refractivity contribution in [3.63, 3.8) is 0 Å². The average molecular weight is 294 g/mol. The molecular formula is C16H26N2O3. The van der Waals surface area contributed by atoms with Gasteiger partial charge in [-0.1, -0.05) is 25.5 Å². The molecule has 1 rings (SSSR count). The highest BCUT2D eigenvalue weighted by Crippen LogP contribution is 2.13. The van der Waals surface area contributed by atoms with Crippen LogP contribution in [0.1, 0.15) is 39.2 Å². The van der Waals surface area contributed by atoms with E-state index in [0.717, 1.165) is 18.4 Å². The summed E-state index contributed by atoms with van der Waals surface area (Å²) in [6.45, 7) is 6.98. The zero-order chi connectivity index (χ0) is 15.7. The van der Waals surface area contributed by atoms with E-state index in [1.165, 1.54) is 0 Å². The number of anilines is 1. The van der Waals surface area contributed by atoms with Gasteiger partial charge in [-0.2, -0.15) is 0 Å². The molecule has 1 aromatic carbocycles. The normalized spacial score (nSPS) is 13.5. The third-order valence-corrected chi connectivity index (χ3v) is 3.25. The Hall–Kier alpha value is -1.59. The number of urea groups is 1. The Morgan fingerprint density at radius 3 is 2.48 bits per heavy atom. The minimum Gasteiger partial charge on any atom is -0.394 e. The molecule has 1 atom stereocenters. The van der Waals surface area contributed by atoms with Crippen LogP contribution in [0.5, 0.6) is 0 Å². The summed E-state index contributed by atoms with van der Waals surface area (Å²) in [7, 11) is 0. The van der Waals surface area contributed by atoms with E-state index < -0.39 is 5.54 Å². The van der Waals surface area contributed by atoms with E-state index in [2.05, 4.69) is 10.6 Å². The lowest BCUT2D eigenvalue weighted by atomic mass is 9.98. The number of carbonyl (C=O) groups excluding carboxylic acids is 1. The van der Waals surface area contributed by atoms with Gasteiger partial charge in [0, 0.05) is 12.3 Å². The van der Waals surface area contributed by atoms with Gasteiger partial charge in [0.05, 0.1) is 18.8 Å². The molecule has 0 saturated heterocycles. The Morgan fingerprint density at radius 1 is 1.29 bits per heavy atom. The number of aliphatic hydroxyl groups is 1. The van der Waals surface area contributed by atoms with Crippen LogP contribution in [0.15, 0.2) is 24.3 Å². The lowest BCUT2D eigenvalue weighted by Crippen LogP contribution is -2.50. The number of hydrogen-bond acceptors (Lipinski definition) is 3. The molecule has 0 spiro atoms. The summed E-state index contributed by atoms with van der Waals surface area (Å²) in [6, 6.07) is 7.21. The number of benzene rings is 1. The van der Waals surface area contributed by atoms with Gasteiger partial charge in [-0.15, -0.1) is 0 Å². The summed E-state index contributed by atoms with van der Waals surface area (Å²) in [5.41, 5.74) is 1.19. The number of ether oxygens (including phenoxy) is 1. The zero-order valence-electron chi connectivity index (χ0n) is 13.1. The van der Waals surface area contributed by atoms with Gasteiger partial charge >= 0.3 is 6.03 Å². The number of nitrogens with one attached hydrogen (secondary N) is 2. The third-order valence-electron chi connectivity index (χ3n) is 3.25. The number of aliphatic hydroxyl groups excluding tert-OH is 1. The molecule has 2 amide bonds. The third kappa shape index (κ3) is 6.14. The molecule has 0 aliphatic heterocycles. The van der Waals surface area contributed by atoms with E-state index in [-0.39, 0.29) is 12.6 Å². The van der Waals surface area contributed by atoms with Gasteiger partial charge in [0.2, 0.25) is 0 Å². The van der Waals surface area contributed by atoms with Crippen molar-refractivity contribution in [3.05, 3.63) is 29.8 Å². The smallest absolute Gasteiger partial charge is 0.319 e. The molecule has 0 aliphatic rings. The molecule has 5 heteroatoms. The fourth-order valence-corrected chi connectivity index (χ4v) is 2.07. The average Bonchev–Trinajstić information content (AvgIpc) is 2.46. The maximum Gasteiger partial charge on any atom is 0.319 e. The van der Waals surface area contributed by atoms with Crippen LogP contribution in [-0.2, 0) is 11.3 Å². The zero-order valence-corrected chi connectivity index (χ0v) is 13.1.